The first-order valence-corrected chi connectivity index (χ1v) is 4.30. The molecule has 0 aliphatic rings. The first-order valence-electron chi connectivity index (χ1n) is 3.42. The van der Waals surface area contributed by atoms with E-state index in [1.807, 2.05) is 11.4 Å². The van der Waals surface area contributed by atoms with E-state index in [4.69, 9.17) is 16.6 Å². The van der Waals surface area contributed by atoms with Gasteiger partial charge in [-0.3, -0.25) is 0 Å². The predicted octanol–water partition coefficient (Wildman–Crippen LogP) is 0.199. The quantitative estimate of drug-likeness (QED) is 0.610. The number of nitrogens with two attached hydrogens (primary N) is 2. The summed E-state index contributed by atoms with van der Waals surface area (Å²) in [6.45, 7) is 0.477. The second kappa shape index (κ2) is 3.82. The number of thiophene rings is 1. The lowest BCUT2D eigenvalue weighted by Gasteiger charge is -2.07. The summed E-state index contributed by atoms with van der Waals surface area (Å²) in [7, 11) is 0. The van der Waals surface area contributed by atoms with Crippen LogP contribution in [0, 0.1) is 0 Å². The summed E-state index contributed by atoms with van der Waals surface area (Å²) >= 11 is 1.51. The third kappa shape index (κ3) is 1.78. The molecule has 0 saturated carbocycles. The Balaban J connectivity index is 2.83. The largest absolute Gasteiger partial charge is 0.391 e. The SMILES string of the molecule is NCC(N)c1ccsc1CO. The minimum Gasteiger partial charge on any atom is -0.391 e. The molecule has 0 saturated heterocycles. The lowest BCUT2D eigenvalue weighted by Crippen LogP contribution is -2.21. The van der Waals surface area contributed by atoms with Crippen LogP contribution in [0.3, 0.4) is 0 Å². The van der Waals surface area contributed by atoms with Crippen molar-refractivity contribution >= 4 is 11.3 Å². The highest BCUT2D eigenvalue weighted by atomic mass is 32.1. The minimum absolute atomic E-state index is 0.0562. The molecule has 0 aliphatic carbocycles. The highest BCUT2D eigenvalue weighted by molar-refractivity contribution is 7.10. The highest BCUT2D eigenvalue weighted by Crippen LogP contribution is 2.21. The van der Waals surface area contributed by atoms with E-state index in [-0.39, 0.29) is 12.6 Å². The molecule has 1 atom stereocenters. The van der Waals surface area contributed by atoms with Gasteiger partial charge in [0.05, 0.1) is 6.61 Å². The first kappa shape index (κ1) is 8.67. The van der Waals surface area contributed by atoms with Crippen LogP contribution in [0.2, 0.25) is 0 Å². The van der Waals surface area contributed by atoms with Gasteiger partial charge in [0, 0.05) is 17.5 Å². The number of aliphatic hydroxyl groups excluding tert-OH is 1. The maximum atomic E-state index is 8.87. The zero-order valence-electron chi connectivity index (χ0n) is 6.16. The molecular formula is C7H12N2OS. The molecule has 0 spiro atoms. The fourth-order valence-corrected chi connectivity index (χ4v) is 1.75. The van der Waals surface area contributed by atoms with Crippen LogP contribution in [-0.4, -0.2) is 11.7 Å². The van der Waals surface area contributed by atoms with Gasteiger partial charge in [-0.2, -0.15) is 0 Å². The Morgan fingerprint density at radius 2 is 2.36 bits per heavy atom. The molecule has 0 aromatic carbocycles. The Hall–Kier alpha value is -0.420. The predicted molar refractivity (Wildman–Crippen MR) is 46.2 cm³/mol. The molecular weight excluding hydrogens is 160 g/mol. The van der Waals surface area contributed by atoms with E-state index < -0.39 is 0 Å². The third-order valence-electron chi connectivity index (χ3n) is 1.58. The Morgan fingerprint density at radius 3 is 2.91 bits per heavy atom. The topological polar surface area (TPSA) is 72.3 Å². The van der Waals surface area contributed by atoms with Crippen LogP contribution in [0.4, 0.5) is 0 Å². The van der Waals surface area contributed by atoms with Crippen LogP contribution >= 0.6 is 11.3 Å². The Morgan fingerprint density at radius 1 is 1.64 bits per heavy atom. The molecule has 1 aromatic heterocycles. The summed E-state index contributed by atoms with van der Waals surface area (Å²) < 4.78 is 0. The number of hydrogen-bond acceptors (Lipinski definition) is 4. The number of hydrogen-bond donors (Lipinski definition) is 3. The Kier molecular flexibility index (Phi) is 3.02. The second-order valence-corrected chi connectivity index (χ2v) is 3.30. The van der Waals surface area contributed by atoms with Crippen LogP contribution in [0.1, 0.15) is 16.5 Å². The average Bonchev–Trinajstić information content (AvgIpc) is 2.50. The van der Waals surface area contributed by atoms with Gasteiger partial charge in [0.25, 0.3) is 0 Å². The molecule has 1 heterocycles. The van der Waals surface area contributed by atoms with Gasteiger partial charge in [-0.25, -0.2) is 0 Å². The summed E-state index contributed by atoms with van der Waals surface area (Å²) in [5.41, 5.74) is 12.0. The third-order valence-corrected chi connectivity index (χ3v) is 2.50. The molecule has 1 rings (SSSR count). The summed E-state index contributed by atoms with van der Waals surface area (Å²) in [5.74, 6) is 0. The van der Waals surface area contributed by atoms with E-state index in [1.54, 1.807) is 0 Å². The van der Waals surface area contributed by atoms with Crippen LogP contribution in [0.5, 0.6) is 0 Å². The first-order chi connectivity index (χ1) is 5.29. The maximum Gasteiger partial charge on any atom is 0.0777 e. The molecule has 1 aromatic rings. The Bertz CT molecular complexity index is 224. The van der Waals surface area contributed by atoms with Gasteiger partial charge in [0.2, 0.25) is 0 Å². The van der Waals surface area contributed by atoms with Crippen molar-refractivity contribution in [2.45, 2.75) is 12.6 Å². The van der Waals surface area contributed by atoms with Crippen molar-refractivity contribution in [3.8, 4) is 0 Å². The molecule has 0 amide bonds. The van der Waals surface area contributed by atoms with Gasteiger partial charge in [-0.1, -0.05) is 0 Å². The van der Waals surface area contributed by atoms with E-state index >= 15 is 0 Å². The van der Waals surface area contributed by atoms with Crippen LogP contribution in [0.15, 0.2) is 11.4 Å². The van der Waals surface area contributed by atoms with Crippen molar-refractivity contribution < 1.29 is 5.11 Å². The summed E-state index contributed by atoms with van der Waals surface area (Å²) in [6.07, 6.45) is 0. The van der Waals surface area contributed by atoms with E-state index in [2.05, 4.69) is 0 Å². The normalized spacial score (nSPS) is 13.4. The van der Waals surface area contributed by atoms with Gasteiger partial charge < -0.3 is 16.6 Å². The van der Waals surface area contributed by atoms with E-state index in [0.717, 1.165) is 10.4 Å². The fourth-order valence-electron chi connectivity index (χ4n) is 0.936. The van der Waals surface area contributed by atoms with Crippen molar-refractivity contribution in [1.82, 2.24) is 0 Å². The molecule has 3 nitrogen and oxygen atoms in total. The van der Waals surface area contributed by atoms with Crippen molar-refractivity contribution in [3.05, 3.63) is 21.9 Å². The number of aliphatic hydroxyl groups is 1. The van der Waals surface area contributed by atoms with Crippen LogP contribution < -0.4 is 11.5 Å². The number of rotatable bonds is 3. The van der Waals surface area contributed by atoms with E-state index in [0.29, 0.717) is 6.54 Å². The highest BCUT2D eigenvalue weighted by Gasteiger charge is 2.09. The van der Waals surface area contributed by atoms with Crippen molar-refractivity contribution in [2.75, 3.05) is 6.54 Å². The smallest absolute Gasteiger partial charge is 0.0777 e. The molecule has 62 valence electrons. The van der Waals surface area contributed by atoms with E-state index in [9.17, 15) is 0 Å². The van der Waals surface area contributed by atoms with Crippen LogP contribution in [0.25, 0.3) is 0 Å². The van der Waals surface area contributed by atoms with E-state index in [1.165, 1.54) is 11.3 Å². The molecule has 4 heteroatoms. The molecule has 0 bridgehead atoms. The lowest BCUT2D eigenvalue weighted by molar-refractivity contribution is 0.284. The fraction of sp³-hybridized carbons (Fsp3) is 0.429. The molecule has 11 heavy (non-hydrogen) atoms. The van der Waals surface area contributed by atoms with Gasteiger partial charge in [-0.15, -0.1) is 11.3 Å². The second-order valence-electron chi connectivity index (χ2n) is 2.30. The van der Waals surface area contributed by atoms with Gasteiger partial charge in [-0.05, 0) is 17.0 Å². The lowest BCUT2D eigenvalue weighted by atomic mass is 10.1. The molecule has 5 N–H and O–H groups in total. The average molecular weight is 172 g/mol. The zero-order valence-corrected chi connectivity index (χ0v) is 6.97. The van der Waals surface area contributed by atoms with Crippen molar-refractivity contribution in [1.29, 1.82) is 0 Å². The van der Waals surface area contributed by atoms with Gasteiger partial charge in [0.15, 0.2) is 0 Å². The molecule has 0 aliphatic heterocycles. The van der Waals surface area contributed by atoms with Crippen molar-refractivity contribution in [3.63, 3.8) is 0 Å². The zero-order chi connectivity index (χ0) is 8.27. The Labute approximate surface area is 69.6 Å². The summed E-state index contributed by atoms with van der Waals surface area (Å²) in [4.78, 5) is 0.919. The maximum absolute atomic E-state index is 8.87. The summed E-state index contributed by atoms with van der Waals surface area (Å²) in [6, 6.07) is 1.77. The minimum atomic E-state index is -0.136. The molecule has 0 radical (unpaired) electrons. The molecule has 1 unspecified atom stereocenters. The van der Waals surface area contributed by atoms with Gasteiger partial charge >= 0.3 is 0 Å². The molecule has 0 fully saturated rings. The van der Waals surface area contributed by atoms with Crippen LogP contribution in [-0.2, 0) is 6.61 Å². The van der Waals surface area contributed by atoms with Gasteiger partial charge in [0.1, 0.15) is 0 Å². The van der Waals surface area contributed by atoms with Crippen molar-refractivity contribution in [2.24, 2.45) is 11.5 Å². The monoisotopic (exact) mass is 172 g/mol. The standard InChI is InChI=1S/C7H12N2OS/c8-3-6(9)5-1-2-11-7(5)4-10/h1-2,6,10H,3-4,8-9H2. The summed E-state index contributed by atoms with van der Waals surface area (Å²) in [5, 5.41) is 10.8.